The number of unbranched alkanes of at least 4 members (excludes halogenated alkanes) is 1. The predicted octanol–water partition coefficient (Wildman–Crippen LogP) is 2.78. The molecular weight excluding hydrogens is 398 g/mol. The number of benzene rings is 2. The van der Waals surface area contributed by atoms with Gasteiger partial charge in [0.1, 0.15) is 6.54 Å². The first-order chi connectivity index (χ1) is 15.0. The van der Waals surface area contributed by atoms with Gasteiger partial charge in [0, 0.05) is 6.54 Å². The summed E-state index contributed by atoms with van der Waals surface area (Å²) in [6, 6.07) is 13.2. The molecule has 0 aliphatic rings. The highest BCUT2D eigenvalue weighted by molar-refractivity contribution is 6.01. The summed E-state index contributed by atoms with van der Waals surface area (Å²) in [5.41, 5.74) is 0.00819. The minimum absolute atomic E-state index is 0.210. The van der Waals surface area contributed by atoms with E-state index in [1.54, 1.807) is 55.5 Å². The molecule has 0 fully saturated rings. The highest BCUT2D eigenvalue weighted by Gasteiger charge is 2.17. The number of anilines is 1. The lowest BCUT2D eigenvalue weighted by Crippen LogP contribution is -2.41. The van der Waals surface area contributed by atoms with E-state index in [9.17, 15) is 19.2 Å². The van der Waals surface area contributed by atoms with Crippen LogP contribution in [0, 0.1) is 0 Å². The lowest BCUT2D eigenvalue weighted by molar-refractivity contribution is -0.116. The molecule has 0 spiro atoms. The second-order valence-corrected chi connectivity index (χ2v) is 7.01. The van der Waals surface area contributed by atoms with Crippen molar-refractivity contribution in [2.24, 2.45) is 0 Å². The third-order valence-electron chi connectivity index (χ3n) is 4.87. The fraction of sp³-hybridized carbons (Fsp3) is 0.304. The van der Waals surface area contributed by atoms with Crippen molar-refractivity contribution < 1.29 is 14.3 Å². The van der Waals surface area contributed by atoms with Crippen LogP contribution in [0.15, 0.2) is 58.1 Å². The van der Waals surface area contributed by atoms with Crippen LogP contribution >= 0.6 is 0 Å². The molecule has 3 aromatic rings. The fourth-order valence-electron chi connectivity index (χ4n) is 3.35. The number of fused-ring (bicyclic) bond motifs is 1. The molecule has 1 amide bonds. The van der Waals surface area contributed by atoms with Gasteiger partial charge in [0.2, 0.25) is 5.91 Å². The number of aromatic nitrogens is 2. The molecule has 3 rings (SSSR count). The number of rotatable bonds is 8. The maximum atomic E-state index is 13.0. The molecule has 8 heteroatoms. The first-order valence-corrected chi connectivity index (χ1v) is 10.3. The molecule has 0 aliphatic carbocycles. The first kappa shape index (κ1) is 22.0. The Balaban J connectivity index is 1.97. The van der Waals surface area contributed by atoms with Crippen LogP contribution in [0.1, 0.15) is 37.0 Å². The Labute approximate surface area is 179 Å². The van der Waals surface area contributed by atoms with Crippen molar-refractivity contribution in [1.29, 1.82) is 0 Å². The quantitative estimate of drug-likeness (QED) is 0.562. The molecule has 2 aromatic carbocycles. The van der Waals surface area contributed by atoms with Gasteiger partial charge in [-0.2, -0.15) is 0 Å². The summed E-state index contributed by atoms with van der Waals surface area (Å²) >= 11 is 0. The SMILES string of the molecule is CCCCn1c(=O)c2ccccc2n(CC(=O)Nc2ccccc2C(=O)OCC)c1=O. The van der Waals surface area contributed by atoms with Gasteiger partial charge in [0.05, 0.1) is 28.8 Å². The number of nitrogens with zero attached hydrogens (tertiary/aromatic N) is 2. The third-order valence-corrected chi connectivity index (χ3v) is 4.87. The van der Waals surface area contributed by atoms with Gasteiger partial charge >= 0.3 is 11.7 Å². The molecule has 0 unspecified atom stereocenters. The van der Waals surface area contributed by atoms with E-state index in [1.165, 1.54) is 9.13 Å². The Morgan fingerprint density at radius 1 is 0.968 bits per heavy atom. The van der Waals surface area contributed by atoms with E-state index < -0.39 is 17.6 Å². The number of ether oxygens (including phenoxy) is 1. The van der Waals surface area contributed by atoms with Crippen molar-refractivity contribution in [3.63, 3.8) is 0 Å². The lowest BCUT2D eigenvalue weighted by Gasteiger charge is -2.15. The average molecular weight is 423 g/mol. The van der Waals surface area contributed by atoms with Crippen molar-refractivity contribution in [2.45, 2.75) is 39.8 Å². The van der Waals surface area contributed by atoms with Gasteiger partial charge in [-0.05, 0) is 37.6 Å². The zero-order chi connectivity index (χ0) is 22.4. The number of hydrogen-bond donors (Lipinski definition) is 1. The van der Waals surface area contributed by atoms with Crippen LogP contribution in [0.4, 0.5) is 5.69 Å². The highest BCUT2D eigenvalue weighted by Crippen LogP contribution is 2.16. The predicted molar refractivity (Wildman–Crippen MR) is 118 cm³/mol. The lowest BCUT2D eigenvalue weighted by atomic mass is 10.2. The van der Waals surface area contributed by atoms with Gasteiger partial charge in [0.25, 0.3) is 5.56 Å². The van der Waals surface area contributed by atoms with Crippen LogP contribution < -0.4 is 16.6 Å². The molecule has 162 valence electrons. The fourth-order valence-corrected chi connectivity index (χ4v) is 3.35. The normalized spacial score (nSPS) is 10.8. The molecule has 1 aromatic heterocycles. The van der Waals surface area contributed by atoms with Crippen LogP contribution in [-0.2, 0) is 22.6 Å². The van der Waals surface area contributed by atoms with Gasteiger partial charge < -0.3 is 10.1 Å². The monoisotopic (exact) mass is 423 g/mol. The molecule has 0 radical (unpaired) electrons. The number of amides is 1. The number of carbonyl (C=O) groups excluding carboxylic acids is 2. The number of nitrogens with one attached hydrogen (secondary N) is 1. The van der Waals surface area contributed by atoms with Crippen LogP contribution in [0.5, 0.6) is 0 Å². The molecule has 0 saturated heterocycles. The maximum absolute atomic E-state index is 13.0. The third kappa shape index (κ3) is 4.74. The van der Waals surface area contributed by atoms with Crippen LogP contribution in [-0.4, -0.2) is 27.6 Å². The largest absolute Gasteiger partial charge is 0.462 e. The summed E-state index contributed by atoms with van der Waals surface area (Å²) in [6.07, 6.45) is 1.50. The first-order valence-electron chi connectivity index (χ1n) is 10.3. The minimum Gasteiger partial charge on any atom is -0.462 e. The smallest absolute Gasteiger partial charge is 0.340 e. The van der Waals surface area contributed by atoms with Crippen molar-refractivity contribution in [1.82, 2.24) is 9.13 Å². The minimum atomic E-state index is -0.547. The number of carbonyl (C=O) groups is 2. The molecular formula is C23H25N3O5. The van der Waals surface area contributed by atoms with E-state index in [0.29, 0.717) is 23.0 Å². The zero-order valence-corrected chi connectivity index (χ0v) is 17.6. The van der Waals surface area contributed by atoms with E-state index in [-0.39, 0.29) is 30.8 Å². The summed E-state index contributed by atoms with van der Waals surface area (Å²) in [4.78, 5) is 50.8. The molecule has 8 nitrogen and oxygen atoms in total. The molecule has 0 bridgehead atoms. The summed E-state index contributed by atoms with van der Waals surface area (Å²) < 4.78 is 7.49. The van der Waals surface area contributed by atoms with Gasteiger partial charge in [-0.3, -0.25) is 18.7 Å². The summed E-state index contributed by atoms with van der Waals surface area (Å²) in [5.74, 6) is -1.04. The summed E-state index contributed by atoms with van der Waals surface area (Å²) in [5, 5.41) is 3.05. The molecule has 1 N–H and O–H groups in total. The summed E-state index contributed by atoms with van der Waals surface area (Å²) in [6.45, 7) is 3.86. The van der Waals surface area contributed by atoms with E-state index in [2.05, 4.69) is 5.32 Å². The molecule has 0 saturated carbocycles. The summed E-state index contributed by atoms with van der Waals surface area (Å²) in [7, 11) is 0. The van der Waals surface area contributed by atoms with E-state index >= 15 is 0 Å². The Kier molecular flexibility index (Phi) is 7.02. The van der Waals surface area contributed by atoms with Gasteiger partial charge in [-0.1, -0.05) is 37.6 Å². The zero-order valence-electron chi connectivity index (χ0n) is 17.6. The van der Waals surface area contributed by atoms with Crippen LogP contribution in [0.3, 0.4) is 0 Å². The van der Waals surface area contributed by atoms with Gasteiger partial charge in [-0.15, -0.1) is 0 Å². The molecule has 0 aliphatic heterocycles. The van der Waals surface area contributed by atoms with Gasteiger partial charge in [0.15, 0.2) is 0 Å². The Hall–Kier alpha value is -3.68. The highest BCUT2D eigenvalue weighted by atomic mass is 16.5. The topological polar surface area (TPSA) is 99.4 Å². The van der Waals surface area contributed by atoms with E-state index in [4.69, 9.17) is 4.74 Å². The second-order valence-electron chi connectivity index (χ2n) is 7.01. The van der Waals surface area contributed by atoms with E-state index in [0.717, 1.165) is 6.42 Å². The molecule has 1 heterocycles. The van der Waals surface area contributed by atoms with E-state index in [1.807, 2.05) is 6.92 Å². The van der Waals surface area contributed by atoms with Crippen molar-refractivity contribution in [3.05, 3.63) is 74.9 Å². The van der Waals surface area contributed by atoms with Crippen LogP contribution in [0.2, 0.25) is 0 Å². The number of para-hydroxylation sites is 2. The number of esters is 1. The van der Waals surface area contributed by atoms with Crippen molar-refractivity contribution in [3.8, 4) is 0 Å². The van der Waals surface area contributed by atoms with Crippen LogP contribution in [0.25, 0.3) is 10.9 Å². The number of hydrogen-bond acceptors (Lipinski definition) is 5. The Morgan fingerprint density at radius 2 is 1.68 bits per heavy atom. The standard InChI is InChI=1S/C23H25N3O5/c1-3-5-14-25-21(28)17-11-7-9-13-19(17)26(23(25)30)15-20(27)24-18-12-8-6-10-16(18)22(29)31-4-2/h6-13H,3-5,14-15H2,1-2H3,(H,24,27). The molecule has 0 atom stereocenters. The van der Waals surface area contributed by atoms with Gasteiger partial charge in [-0.25, -0.2) is 9.59 Å². The van der Waals surface area contributed by atoms with Crippen molar-refractivity contribution in [2.75, 3.05) is 11.9 Å². The Bertz CT molecular complexity index is 1230. The molecule has 31 heavy (non-hydrogen) atoms. The second kappa shape index (κ2) is 9.88. The maximum Gasteiger partial charge on any atom is 0.340 e. The average Bonchev–Trinajstić information content (AvgIpc) is 2.77. The Morgan fingerprint density at radius 3 is 2.42 bits per heavy atom. The van der Waals surface area contributed by atoms with Crippen molar-refractivity contribution >= 4 is 28.5 Å².